The van der Waals surface area contributed by atoms with Gasteiger partial charge in [0.05, 0.1) is 12.1 Å². The van der Waals surface area contributed by atoms with E-state index in [0.717, 1.165) is 12.8 Å². The van der Waals surface area contributed by atoms with Crippen molar-refractivity contribution in [1.82, 2.24) is 5.32 Å². The highest BCUT2D eigenvalue weighted by atomic mass is 16.3. The van der Waals surface area contributed by atoms with Gasteiger partial charge < -0.3 is 20.6 Å². The van der Waals surface area contributed by atoms with Crippen LogP contribution in [0.2, 0.25) is 0 Å². The molecule has 5 heteroatoms. The monoisotopic (exact) mass is 251 g/mol. The van der Waals surface area contributed by atoms with Crippen molar-refractivity contribution < 1.29 is 20.1 Å². The van der Waals surface area contributed by atoms with Crippen LogP contribution < -0.4 is 5.32 Å². The van der Waals surface area contributed by atoms with Gasteiger partial charge in [0.1, 0.15) is 17.1 Å². The molecule has 0 heterocycles. The standard InChI is InChI=1S/C13H17NO4/c15-8-13(6-1-2-7-13)14-12(18)11-9(16)4-3-5-10(11)17/h3-5,15-17H,1-2,6-8H2,(H,14,18). The fourth-order valence-corrected chi connectivity index (χ4v) is 2.44. The summed E-state index contributed by atoms with van der Waals surface area (Å²) in [4.78, 5) is 12.1. The summed E-state index contributed by atoms with van der Waals surface area (Å²) in [5, 5.41) is 31.4. The zero-order valence-electron chi connectivity index (χ0n) is 10.0. The van der Waals surface area contributed by atoms with Gasteiger partial charge in [0.15, 0.2) is 0 Å². The smallest absolute Gasteiger partial charge is 0.259 e. The maximum atomic E-state index is 12.1. The molecule has 0 aromatic heterocycles. The second-order valence-corrected chi connectivity index (χ2v) is 4.77. The van der Waals surface area contributed by atoms with Gasteiger partial charge in [-0.2, -0.15) is 0 Å². The number of aromatic hydroxyl groups is 2. The Morgan fingerprint density at radius 3 is 2.28 bits per heavy atom. The van der Waals surface area contributed by atoms with E-state index in [2.05, 4.69) is 5.32 Å². The molecule has 0 bridgehead atoms. The number of carbonyl (C=O) groups excluding carboxylic acids is 1. The van der Waals surface area contributed by atoms with Crippen molar-refractivity contribution in [3.63, 3.8) is 0 Å². The van der Waals surface area contributed by atoms with Crippen LogP contribution in [0.4, 0.5) is 0 Å². The Kier molecular flexibility index (Phi) is 3.43. The predicted octanol–water partition coefficient (Wildman–Crippen LogP) is 1.13. The summed E-state index contributed by atoms with van der Waals surface area (Å²) in [6.45, 7) is -0.132. The first-order valence-corrected chi connectivity index (χ1v) is 6.02. The summed E-state index contributed by atoms with van der Waals surface area (Å²) >= 11 is 0. The molecule has 2 rings (SSSR count). The van der Waals surface area contributed by atoms with E-state index in [4.69, 9.17) is 0 Å². The lowest BCUT2D eigenvalue weighted by Crippen LogP contribution is -2.49. The third-order valence-electron chi connectivity index (χ3n) is 3.49. The van der Waals surface area contributed by atoms with Crippen LogP contribution >= 0.6 is 0 Å². The van der Waals surface area contributed by atoms with Gasteiger partial charge in [-0.3, -0.25) is 4.79 Å². The Hall–Kier alpha value is -1.75. The zero-order chi connectivity index (χ0) is 13.2. The minimum absolute atomic E-state index is 0.132. The van der Waals surface area contributed by atoms with Gasteiger partial charge in [0, 0.05) is 0 Å². The molecule has 0 unspecified atom stereocenters. The lowest BCUT2D eigenvalue weighted by molar-refractivity contribution is 0.0833. The number of hydrogen-bond acceptors (Lipinski definition) is 4. The first-order chi connectivity index (χ1) is 8.58. The number of rotatable bonds is 3. The molecule has 1 aromatic rings. The number of aliphatic hydroxyl groups excluding tert-OH is 1. The number of aliphatic hydroxyl groups is 1. The van der Waals surface area contributed by atoms with Crippen LogP contribution in [0.5, 0.6) is 11.5 Å². The molecule has 0 spiro atoms. The Balaban J connectivity index is 2.22. The number of hydrogen-bond donors (Lipinski definition) is 4. The molecule has 0 atom stereocenters. The van der Waals surface area contributed by atoms with Crippen molar-refractivity contribution in [1.29, 1.82) is 0 Å². The van der Waals surface area contributed by atoms with E-state index in [0.29, 0.717) is 12.8 Å². The average Bonchev–Trinajstić information content (AvgIpc) is 2.78. The number of carbonyl (C=O) groups is 1. The lowest BCUT2D eigenvalue weighted by atomic mass is 9.98. The van der Waals surface area contributed by atoms with Crippen LogP contribution in [0.1, 0.15) is 36.0 Å². The highest BCUT2D eigenvalue weighted by Crippen LogP contribution is 2.31. The van der Waals surface area contributed by atoms with Crippen LogP contribution in [0.15, 0.2) is 18.2 Å². The molecule has 98 valence electrons. The molecule has 1 saturated carbocycles. The van der Waals surface area contributed by atoms with Gasteiger partial charge in [-0.25, -0.2) is 0 Å². The summed E-state index contributed by atoms with van der Waals surface area (Å²) in [7, 11) is 0. The van der Waals surface area contributed by atoms with Crippen molar-refractivity contribution in [3.05, 3.63) is 23.8 Å². The van der Waals surface area contributed by atoms with Crippen molar-refractivity contribution in [2.75, 3.05) is 6.61 Å². The molecule has 1 aliphatic carbocycles. The van der Waals surface area contributed by atoms with E-state index in [9.17, 15) is 20.1 Å². The van der Waals surface area contributed by atoms with Crippen molar-refractivity contribution in [3.8, 4) is 11.5 Å². The number of phenols is 2. The van der Waals surface area contributed by atoms with Crippen LogP contribution in [0.25, 0.3) is 0 Å². The summed E-state index contributed by atoms with van der Waals surface area (Å²) in [6.07, 6.45) is 3.33. The number of nitrogens with one attached hydrogen (secondary N) is 1. The van der Waals surface area contributed by atoms with Crippen LogP contribution in [0.3, 0.4) is 0 Å². The van der Waals surface area contributed by atoms with Gasteiger partial charge in [0.2, 0.25) is 0 Å². The average molecular weight is 251 g/mol. The van der Waals surface area contributed by atoms with E-state index in [1.807, 2.05) is 0 Å². The molecule has 0 saturated heterocycles. The van der Waals surface area contributed by atoms with Crippen molar-refractivity contribution in [2.45, 2.75) is 31.2 Å². The van der Waals surface area contributed by atoms with Crippen LogP contribution in [-0.2, 0) is 0 Å². The molecule has 1 fully saturated rings. The summed E-state index contributed by atoms with van der Waals surface area (Å²) in [5.74, 6) is -1.08. The summed E-state index contributed by atoms with van der Waals surface area (Å²) in [6, 6.07) is 4.14. The quantitative estimate of drug-likeness (QED) is 0.648. The Morgan fingerprint density at radius 1 is 1.22 bits per heavy atom. The van der Waals surface area contributed by atoms with E-state index >= 15 is 0 Å². The minimum atomic E-state index is -0.619. The van der Waals surface area contributed by atoms with Crippen LogP contribution in [0, 0.1) is 0 Å². The molecule has 1 amide bonds. The fourth-order valence-electron chi connectivity index (χ4n) is 2.44. The first kappa shape index (κ1) is 12.7. The normalized spacial score (nSPS) is 17.6. The highest BCUT2D eigenvalue weighted by Gasteiger charge is 2.35. The fraction of sp³-hybridized carbons (Fsp3) is 0.462. The van der Waals surface area contributed by atoms with Gasteiger partial charge >= 0.3 is 0 Å². The molecule has 18 heavy (non-hydrogen) atoms. The highest BCUT2D eigenvalue weighted by molar-refractivity contribution is 5.99. The molecule has 1 aliphatic rings. The number of phenolic OH excluding ortho intramolecular Hbond substituents is 2. The first-order valence-electron chi connectivity index (χ1n) is 6.02. The molecule has 5 nitrogen and oxygen atoms in total. The Morgan fingerprint density at radius 2 is 1.78 bits per heavy atom. The van der Waals surface area contributed by atoms with Crippen LogP contribution in [-0.4, -0.2) is 33.4 Å². The SMILES string of the molecule is O=C(NC1(CO)CCCC1)c1c(O)cccc1O. The minimum Gasteiger partial charge on any atom is -0.507 e. The van der Waals surface area contributed by atoms with Gasteiger partial charge in [-0.15, -0.1) is 0 Å². The zero-order valence-corrected chi connectivity index (χ0v) is 10.0. The van der Waals surface area contributed by atoms with E-state index in [-0.39, 0.29) is 23.7 Å². The molecular weight excluding hydrogens is 234 g/mol. The second kappa shape index (κ2) is 4.86. The predicted molar refractivity (Wildman–Crippen MR) is 65.5 cm³/mol. The molecule has 0 aliphatic heterocycles. The van der Waals surface area contributed by atoms with Gasteiger partial charge in [-0.05, 0) is 25.0 Å². The molecule has 0 radical (unpaired) electrons. The second-order valence-electron chi connectivity index (χ2n) is 4.77. The van der Waals surface area contributed by atoms with E-state index in [1.165, 1.54) is 18.2 Å². The van der Waals surface area contributed by atoms with Crippen molar-refractivity contribution in [2.24, 2.45) is 0 Å². The van der Waals surface area contributed by atoms with Gasteiger partial charge in [0.25, 0.3) is 5.91 Å². The Labute approximate surface area is 105 Å². The Bertz CT molecular complexity index is 432. The third-order valence-corrected chi connectivity index (χ3v) is 3.49. The summed E-state index contributed by atoms with van der Waals surface area (Å²) < 4.78 is 0. The van der Waals surface area contributed by atoms with Gasteiger partial charge in [-0.1, -0.05) is 18.9 Å². The number of amides is 1. The number of benzene rings is 1. The van der Waals surface area contributed by atoms with E-state index < -0.39 is 11.4 Å². The summed E-state index contributed by atoms with van der Waals surface area (Å²) in [5.41, 5.74) is -0.761. The molecule has 1 aromatic carbocycles. The largest absolute Gasteiger partial charge is 0.507 e. The topological polar surface area (TPSA) is 89.8 Å². The van der Waals surface area contributed by atoms with E-state index in [1.54, 1.807) is 0 Å². The third kappa shape index (κ3) is 2.26. The maximum absolute atomic E-state index is 12.1. The molecular formula is C13H17NO4. The lowest BCUT2D eigenvalue weighted by Gasteiger charge is -2.28. The van der Waals surface area contributed by atoms with Crippen molar-refractivity contribution >= 4 is 5.91 Å². The molecule has 4 N–H and O–H groups in total. The maximum Gasteiger partial charge on any atom is 0.259 e.